The van der Waals surface area contributed by atoms with Gasteiger partial charge >= 0.3 is 0 Å². The monoisotopic (exact) mass is 319 g/mol. The van der Waals surface area contributed by atoms with Gasteiger partial charge in [0.2, 0.25) is 0 Å². The van der Waals surface area contributed by atoms with Crippen molar-refractivity contribution in [3.63, 3.8) is 0 Å². The standard InChI is InChI=1S/C20H17NO3/c22-17-10-6-9-16(13-17)20(23)21-18-11-4-5-12-19(18)24-14-15-7-2-1-3-8-15/h1-13,22H,14H2,(H,21,23). The van der Waals surface area contributed by atoms with E-state index in [-0.39, 0.29) is 11.7 Å². The van der Waals surface area contributed by atoms with Crippen molar-refractivity contribution in [1.82, 2.24) is 0 Å². The number of hydrogen-bond donors (Lipinski definition) is 2. The van der Waals surface area contributed by atoms with Crippen LogP contribution < -0.4 is 10.1 Å². The summed E-state index contributed by atoms with van der Waals surface area (Å²) in [5, 5.41) is 12.3. The highest BCUT2D eigenvalue weighted by Gasteiger charge is 2.10. The lowest BCUT2D eigenvalue weighted by Gasteiger charge is -2.12. The van der Waals surface area contributed by atoms with Crippen molar-refractivity contribution in [2.24, 2.45) is 0 Å². The average Bonchev–Trinajstić information content (AvgIpc) is 2.62. The molecule has 0 aromatic heterocycles. The molecule has 4 nitrogen and oxygen atoms in total. The van der Waals surface area contributed by atoms with Gasteiger partial charge in [-0.1, -0.05) is 48.5 Å². The topological polar surface area (TPSA) is 58.6 Å². The number of hydrogen-bond acceptors (Lipinski definition) is 3. The number of aromatic hydroxyl groups is 1. The summed E-state index contributed by atoms with van der Waals surface area (Å²) in [6.07, 6.45) is 0. The van der Waals surface area contributed by atoms with Crippen molar-refractivity contribution in [2.75, 3.05) is 5.32 Å². The van der Waals surface area contributed by atoms with Crippen LogP contribution in [0.5, 0.6) is 11.5 Å². The maximum absolute atomic E-state index is 12.3. The Morgan fingerprint density at radius 2 is 1.67 bits per heavy atom. The molecule has 3 rings (SSSR count). The van der Waals surface area contributed by atoms with Crippen molar-refractivity contribution in [2.45, 2.75) is 6.61 Å². The Labute approximate surface area is 140 Å². The fraction of sp³-hybridized carbons (Fsp3) is 0.0500. The van der Waals surface area contributed by atoms with Gasteiger partial charge in [0.25, 0.3) is 5.91 Å². The minimum absolute atomic E-state index is 0.0521. The highest BCUT2D eigenvalue weighted by molar-refractivity contribution is 6.05. The molecule has 0 fully saturated rings. The first kappa shape index (κ1) is 15.6. The van der Waals surface area contributed by atoms with Crippen LogP contribution in [0.15, 0.2) is 78.9 Å². The van der Waals surface area contributed by atoms with Crippen LogP contribution >= 0.6 is 0 Å². The number of carbonyl (C=O) groups excluding carboxylic acids is 1. The number of amides is 1. The SMILES string of the molecule is O=C(Nc1ccccc1OCc1ccccc1)c1cccc(O)c1. The second-order valence-corrected chi connectivity index (χ2v) is 5.27. The van der Waals surface area contributed by atoms with Crippen LogP contribution in [0.4, 0.5) is 5.69 Å². The second kappa shape index (κ2) is 7.33. The first-order chi connectivity index (χ1) is 11.7. The zero-order valence-electron chi connectivity index (χ0n) is 13.0. The lowest BCUT2D eigenvalue weighted by molar-refractivity contribution is 0.102. The molecule has 0 atom stereocenters. The molecular weight excluding hydrogens is 302 g/mol. The van der Waals surface area contributed by atoms with Crippen LogP contribution in [0.3, 0.4) is 0 Å². The molecule has 0 bridgehead atoms. The van der Waals surface area contributed by atoms with Crippen LogP contribution in [-0.2, 0) is 6.61 Å². The molecule has 0 heterocycles. The molecule has 3 aromatic rings. The fourth-order valence-electron chi connectivity index (χ4n) is 2.27. The normalized spacial score (nSPS) is 10.2. The number of anilines is 1. The number of para-hydroxylation sites is 2. The maximum Gasteiger partial charge on any atom is 0.255 e. The first-order valence-corrected chi connectivity index (χ1v) is 7.58. The van der Waals surface area contributed by atoms with E-state index in [9.17, 15) is 9.90 Å². The van der Waals surface area contributed by atoms with E-state index in [1.54, 1.807) is 24.3 Å². The molecule has 1 amide bonds. The predicted octanol–water partition coefficient (Wildman–Crippen LogP) is 4.22. The molecule has 0 aliphatic carbocycles. The van der Waals surface area contributed by atoms with E-state index >= 15 is 0 Å². The Hall–Kier alpha value is -3.27. The van der Waals surface area contributed by atoms with Gasteiger partial charge in [-0.25, -0.2) is 0 Å². The van der Waals surface area contributed by atoms with E-state index in [1.807, 2.05) is 42.5 Å². The number of nitrogens with one attached hydrogen (secondary N) is 1. The molecule has 2 N–H and O–H groups in total. The van der Waals surface area contributed by atoms with Gasteiger partial charge in [-0.2, -0.15) is 0 Å². The summed E-state index contributed by atoms with van der Waals surface area (Å²) >= 11 is 0. The predicted molar refractivity (Wildman–Crippen MR) is 93.3 cm³/mol. The molecule has 24 heavy (non-hydrogen) atoms. The van der Waals surface area contributed by atoms with Crippen LogP contribution in [-0.4, -0.2) is 11.0 Å². The Kier molecular flexibility index (Phi) is 4.77. The number of benzene rings is 3. The minimum Gasteiger partial charge on any atom is -0.508 e. The molecule has 0 saturated heterocycles. The maximum atomic E-state index is 12.3. The van der Waals surface area contributed by atoms with E-state index < -0.39 is 0 Å². The van der Waals surface area contributed by atoms with Crippen LogP contribution in [0.1, 0.15) is 15.9 Å². The number of phenolic OH excluding ortho intramolecular Hbond substituents is 1. The molecule has 4 heteroatoms. The van der Waals surface area contributed by atoms with E-state index in [1.165, 1.54) is 12.1 Å². The number of rotatable bonds is 5. The second-order valence-electron chi connectivity index (χ2n) is 5.27. The van der Waals surface area contributed by atoms with Crippen molar-refractivity contribution in [3.8, 4) is 11.5 Å². The Balaban J connectivity index is 1.73. The lowest BCUT2D eigenvalue weighted by atomic mass is 10.2. The van der Waals surface area contributed by atoms with Gasteiger partial charge in [0, 0.05) is 5.56 Å². The molecule has 0 aliphatic rings. The van der Waals surface area contributed by atoms with E-state index in [0.717, 1.165) is 5.56 Å². The molecular formula is C20H17NO3. The van der Waals surface area contributed by atoms with Crippen LogP contribution in [0, 0.1) is 0 Å². The minimum atomic E-state index is -0.304. The van der Waals surface area contributed by atoms with E-state index in [0.29, 0.717) is 23.6 Å². The Morgan fingerprint density at radius 1 is 0.917 bits per heavy atom. The fourth-order valence-corrected chi connectivity index (χ4v) is 2.27. The first-order valence-electron chi connectivity index (χ1n) is 7.58. The molecule has 0 unspecified atom stereocenters. The highest BCUT2D eigenvalue weighted by Crippen LogP contribution is 2.25. The third-order valence-corrected chi connectivity index (χ3v) is 3.48. The van der Waals surface area contributed by atoms with Crippen LogP contribution in [0.2, 0.25) is 0 Å². The molecule has 0 aliphatic heterocycles. The molecule has 0 spiro atoms. The van der Waals surface area contributed by atoms with Crippen molar-refractivity contribution in [3.05, 3.63) is 90.0 Å². The zero-order valence-corrected chi connectivity index (χ0v) is 13.0. The van der Waals surface area contributed by atoms with Gasteiger partial charge in [-0.05, 0) is 35.9 Å². The molecule has 0 radical (unpaired) electrons. The molecule has 3 aromatic carbocycles. The van der Waals surface area contributed by atoms with Crippen molar-refractivity contribution < 1.29 is 14.6 Å². The van der Waals surface area contributed by atoms with Gasteiger partial charge in [0.15, 0.2) is 0 Å². The summed E-state index contributed by atoms with van der Waals surface area (Å²) < 4.78 is 5.82. The summed E-state index contributed by atoms with van der Waals surface area (Å²) in [6.45, 7) is 0.417. The van der Waals surface area contributed by atoms with Gasteiger partial charge in [0.1, 0.15) is 18.1 Å². The van der Waals surface area contributed by atoms with Gasteiger partial charge in [-0.3, -0.25) is 4.79 Å². The lowest BCUT2D eigenvalue weighted by Crippen LogP contribution is -2.12. The van der Waals surface area contributed by atoms with Crippen molar-refractivity contribution in [1.29, 1.82) is 0 Å². The summed E-state index contributed by atoms with van der Waals surface area (Å²) in [5.74, 6) is 0.341. The quantitative estimate of drug-likeness (QED) is 0.740. The Morgan fingerprint density at radius 3 is 2.46 bits per heavy atom. The van der Waals surface area contributed by atoms with Gasteiger partial charge < -0.3 is 15.2 Å². The number of carbonyl (C=O) groups is 1. The van der Waals surface area contributed by atoms with Crippen LogP contribution in [0.25, 0.3) is 0 Å². The van der Waals surface area contributed by atoms with E-state index in [4.69, 9.17) is 4.74 Å². The molecule has 120 valence electrons. The average molecular weight is 319 g/mol. The smallest absolute Gasteiger partial charge is 0.255 e. The third-order valence-electron chi connectivity index (χ3n) is 3.48. The van der Waals surface area contributed by atoms with Gasteiger partial charge in [-0.15, -0.1) is 0 Å². The van der Waals surface area contributed by atoms with Crippen molar-refractivity contribution >= 4 is 11.6 Å². The molecule has 0 saturated carbocycles. The Bertz CT molecular complexity index is 831. The summed E-state index contributed by atoms with van der Waals surface area (Å²) in [5.41, 5.74) is 2.02. The van der Waals surface area contributed by atoms with E-state index in [2.05, 4.69) is 5.32 Å². The number of phenols is 1. The number of ether oxygens (including phenoxy) is 1. The summed E-state index contributed by atoms with van der Waals surface area (Å²) in [6, 6.07) is 23.3. The highest BCUT2D eigenvalue weighted by atomic mass is 16.5. The third kappa shape index (κ3) is 3.93. The zero-order chi connectivity index (χ0) is 16.8. The largest absolute Gasteiger partial charge is 0.508 e. The van der Waals surface area contributed by atoms with Gasteiger partial charge in [0.05, 0.1) is 5.69 Å². The summed E-state index contributed by atoms with van der Waals surface area (Å²) in [7, 11) is 0. The summed E-state index contributed by atoms with van der Waals surface area (Å²) in [4.78, 5) is 12.3.